The van der Waals surface area contributed by atoms with E-state index in [-0.39, 0.29) is 11.4 Å². The lowest BCUT2D eigenvalue weighted by Gasteiger charge is -2.42. The van der Waals surface area contributed by atoms with E-state index < -0.39 is 0 Å². The van der Waals surface area contributed by atoms with E-state index in [1.807, 2.05) is 36.4 Å². The van der Waals surface area contributed by atoms with Crippen molar-refractivity contribution < 1.29 is 4.79 Å². The maximum atomic E-state index is 11.5. The van der Waals surface area contributed by atoms with Crippen LogP contribution in [-0.2, 0) is 11.3 Å². The van der Waals surface area contributed by atoms with Crippen LogP contribution in [0.15, 0.2) is 53.5 Å². The summed E-state index contributed by atoms with van der Waals surface area (Å²) < 4.78 is 0. The first kappa shape index (κ1) is 17.6. The Hall–Kier alpha value is -2.82. The summed E-state index contributed by atoms with van der Waals surface area (Å²) in [7, 11) is 0. The van der Waals surface area contributed by atoms with E-state index in [4.69, 9.17) is 4.99 Å². The van der Waals surface area contributed by atoms with Crippen molar-refractivity contribution in [2.24, 2.45) is 4.99 Å². The third-order valence-corrected chi connectivity index (χ3v) is 5.44. The Labute approximate surface area is 160 Å². The van der Waals surface area contributed by atoms with Gasteiger partial charge in [-0.2, -0.15) is 0 Å². The second kappa shape index (κ2) is 7.43. The molecule has 5 nitrogen and oxygen atoms in total. The minimum atomic E-state index is -0.116. The summed E-state index contributed by atoms with van der Waals surface area (Å²) in [5, 5.41) is 10.3. The van der Waals surface area contributed by atoms with E-state index in [1.54, 1.807) is 0 Å². The van der Waals surface area contributed by atoms with Crippen LogP contribution in [0.25, 0.3) is 0 Å². The van der Waals surface area contributed by atoms with Gasteiger partial charge in [-0.1, -0.05) is 49.6 Å². The smallest absolute Gasteiger partial charge is 0.221 e. The third kappa shape index (κ3) is 3.68. The van der Waals surface area contributed by atoms with Crippen molar-refractivity contribution in [3.63, 3.8) is 0 Å². The fraction of sp³-hybridized carbons (Fsp3) is 0.364. The number of hydrogen-bond acceptors (Lipinski definition) is 4. The van der Waals surface area contributed by atoms with Gasteiger partial charge in [0.25, 0.3) is 0 Å². The highest BCUT2D eigenvalue weighted by atomic mass is 16.1. The number of nitrogens with zero attached hydrogens (tertiary/aromatic N) is 1. The minimum Gasteiger partial charge on any atom is -0.371 e. The molecule has 0 atom stereocenters. The lowest BCUT2D eigenvalue weighted by atomic mass is 9.79. The molecule has 0 radical (unpaired) electrons. The Morgan fingerprint density at radius 2 is 1.81 bits per heavy atom. The lowest BCUT2D eigenvalue weighted by molar-refractivity contribution is -0.114. The number of fused-ring (bicyclic) bond motifs is 1. The molecule has 2 aromatic rings. The van der Waals surface area contributed by atoms with E-state index in [2.05, 4.69) is 28.1 Å². The molecule has 4 rings (SSSR count). The average molecular weight is 362 g/mol. The van der Waals surface area contributed by atoms with Crippen LogP contribution in [0.1, 0.15) is 44.6 Å². The molecular formula is C22H26N4O. The van der Waals surface area contributed by atoms with Gasteiger partial charge in [0.1, 0.15) is 5.84 Å². The summed E-state index contributed by atoms with van der Waals surface area (Å²) in [6.45, 7) is 2.16. The van der Waals surface area contributed by atoms with Gasteiger partial charge in [-0.05, 0) is 36.6 Å². The summed E-state index contributed by atoms with van der Waals surface area (Å²) in [4.78, 5) is 16.5. The summed E-state index contributed by atoms with van der Waals surface area (Å²) in [6, 6.07) is 16.1. The first-order valence-corrected chi connectivity index (χ1v) is 9.72. The van der Waals surface area contributed by atoms with E-state index in [0.29, 0.717) is 6.54 Å². The first-order valence-electron chi connectivity index (χ1n) is 9.72. The number of benzene rings is 2. The molecular weight excluding hydrogens is 336 g/mol. The van der Waals surface area contributed by atoms with E-state index >= 15 is 0 Å². The van der Waals surface area contributed by atoms with Gasteiger partial charge in [-0.25, -0.2) is 4.99 Å². The van der Waals surface area contributed by atoms with Crippen LogP contribution < -0.4 is 16.0 Å². The summed E-state index contributed by atoms with van der Waals surface area (Å²) in [6.07, 6.45) is 5.86. The zero-order valence-corrected chi connectivity index (χ0v) is 15.7. The predicted molar refractivity (Wildman–Crippen MR) is 111 cm³/mol. The van der Waals surface area contributed by atoms with Gasteiger partial charge in [0.05, 0.1) is 16.9 Å². The number of amides is 1. The van der Waals surface area contributed by atoms with Gasteiger partial charge >= 0.3 is 0 Å². The highest BCUT2D eigenvalue weighted by Gasteiger charge is 2.40. The highest BCUT2D eigenvalue weighted by Crippen LogP contribution is 2.40. The van der Waals surface area contributed by atoms with Gasteiger partial charge < -0.3 is 16.0 Å². The summed E-state index contributed by atoms with van der Waals surface area (Å²) >= 11 is 0. The van der Waals surface area contributed by atoms with Crippen LogP contribution in [0.3, 0.4) is 0 Å². The number of carbonyl (C=O) groups is 1. The largest absolute Gasteiger partial charge is 0.371 e. The van der Waals surface area contributed by atoms with Gasteiger partial charge in [0.15, 0.2) is 0 Å². The predicted octanol–water partition coefficient (Wildman–Crippen LogP) is 4.59. The van der Waals surface area contributed by atoms with Crippen molar-refractivity contribution in [3.8, 4) is 0 Å². The SMILES string of the molecule is CC(=O)Nc1ccccc1CNC1=Nc2ccccc2NC12CCCCC2. The molecule has 0 saturated heterocycles. The second-order valence-electron chi connectivity index (χ2n) is 7.44. The van der Waals surface area contributed by atoms with Crippen molar-refractivity contribution in [1.82, 2.24) is 5.32 Å². The molecule has 1 spiro atoms. The Balaban J connectivity index is 1.61. The number of para-hydroxylation sites is 3. The van der Waals surface area contributed by atoms with Crippen molar-refractivity contribution in [2.75, 3.05) is 10.6 Å². The van der Waals surface area contributed by atoms with Crippen molar-refractivity contribution in [1.29, 1.82) is 0 Å². The highest BCUT2D eigenvalue weighted by molar-refractivity contribution is 6.00. The van der Waals surface area contributed by atoms with Crippen molar-refractivity contribution in [2.45, 2.75) is 51.1 Å². The van der Waals surface area contributed by atoms with Crippen LogP contribution in [0.4, 0.5) is 17.1 Å². The monoisotopic (exact) mass is 362 g/mol. The molecule has 5 heteroatoms. The first-order chi connectivity index (χ1) is 13.2. The molecule has 27 heavy (non-hydrogen) atoms. The molecule has 0 unspecified atom stereocenters. The summed E-state index contributed by atoms with van der Waals surface area (Å²) in [5.41, 5.74) is 3.88. The summed E-state index contributed by atoms with van der Waals surface area (Å²) in [5.74, 6) is 0.954. The molecule has 1 aliphatic heterocycles. The number of hydrogen-bond donors (Lipinski definition) is 3. The fourth-order valence-corrected chi connectivity index (χ4v) is 4.11. The van der Waals surface area contributed by atoms with Gasteiger partial charge in [0.2, 0.25) is 5.91 Å². The zero-order chi connectivity index (χ0) is 18.7. The Bertz CT molecular complexity index is 868. The topological polar surface area (TPSA) is 65.5 Å². The van der Waals surface area contributed by atoms with Crippen molar-refractivity contribution in [3.05, 3.63) is 54.1 Å². The standard InChI is InChI=1S/C22H26N4O/c1-16(27)24-18-10-4-3-9-17(18)15-23-21-22(13-7-2-8-14-22)26-20-12-6-5-11-19(20)25-21/h3-6,9-12,26H,2,7-8,13-15H2,1H3,(H,23,25)(H,24,27). The minimum absolute atomic E-state index is 0.0585. The molecule has 140 valence electrons. The maximum Gasteiger partial charge on any atom is 0.221 e. The molecule has 1 saturated carbocycles. The third-order valence-electron chi connectivity index (χ3n) is 5.44. The normalized spacial score (nSPS) is 17.4. The molecule has 1 fully saturated rings. The Kier molecular flexibility index (Phi) is 4.84. The van der Waals surface area contributed by atoms with E-state index in [0.717, 1.165) is 41.3 Å². The number of anilines is 2. The number of carbonyl (C=O) groups excluding carboxylic acids is 1. The van der Waals surface area contributed by atoms with Crippen LogP contribution >= 0.6 is 0 Å². The zero-order valence-electron chi connectivity index (χ0n) is 15.7. The molecule has 1 amide bonds. The van der Waals surface area contributed by atoms with Gasteiger partial charge in [-0.15, -0.1) is 0 Å². The maximum absolute atomic E-state index is 11.5. The Morgan fingerprint density at radius 3 is 2.63 bits per heavy atom. The molecule has 1 heterocycles. The number of rotatable bonds is 3. The van der Waals surface area contributed by atoms with E-state index in [1.165, 1.54) is 26.2 Å². The van der Waals surface area contributed by atoms with Crippen LogP contribution in [0, 0.1) is 0 Å². The quantitative estimate of drug-likeness (QED) is 0.748. The lowest BCUT2D eigenvalue weighted by Crippen LogP contribution is -2.54. The molecule has 3 N–H and O–H groups in total. The number of nitrogens with one attached hydrogen (secondary N) is 3. The fourth-order valence-electron chi connectivity index (χ4n) is 4.11. The molecule has 0 aromatic heterocycles. The molecule has 1 aliphatic carbocycles. The van der Waals surface area contributed by atoms with Crippen LogP contribution in [-0.4, -0.2) is 17.3 Å². The molecule has 2 aromatic carbocycles. The van der Waals surface area contributed by atoms with E-state index in [9.17, 15) is 4.79 Å². The molecule has 2 aliphatic rings. The second-order valence-corrected chi connectivity index (χ2v) is 7.44. The van der Waals surface area contributed by atoms with Gasteiger partial charge in [-0.3, -0.25) is 4.79 Å². The number of aliphatic imine (C=N–C) groups is 1. The van der Waals surface area contributed by atoms with Crippen molar-refractivity contribution >= 4 is 28.8 Å². The van der Waals surface area contributed by atoms with Crippen LogP contribution in [0.2, 0.25) is 0 Å². The molecule has 0 bridgehead atoms. The van der Waals surface area contributed by atoms with Crippen LogP contribution in [0.5, 0.6) is 0 Å². The Morgan fingerprint density at radius 1 is 1.07 bits per heavy atom. The number of amidine groups is 1. The average Bonchev–Trinajstić information content (AvgIpc) is 2.67. The van der Waals surface area contributed by atoms with Gasteiger partial charge in [0, 0.05) is 19.2 Å².